The summed E-state index contributed by atoms with van der Waals surface area (Å²) in [5.41, 5.74) is 5.97. The van der Waals surface area contributed by atoms with Gasteiger partial charge < -0.3 is 4.98 Å². The molecule has 5 rings (SSSR count). The smallest absolute Gasteiger partial charge is 0.0926 e. The second kappa shape index (κ2) is 12.6. The van der Waals surface area contributed by atoms with Gasteiger partial charge in [-0.25, -0.2) is 0 Å². The molecule has 4 heteroatoms. The van der Waals surface area contributed by atoms with Crippen molar-refractivity contribution in [3.05, 3.63) is 127 Å². The number of benzene rings is 3. The first-order valence-electron chi connectivity index (χ1n) is 12.7. The van der Waals surface area contributed by atoms with Gasteiger partial charge >= 0.3 is 0 Å². The Kier molecular flexibility index (Phi) is 8.51. The number of rotatable bonds is 4. The zero-order valence-corrected chi connectivity index (χ0v) is 23.4. The van der Waals surface area contributed by atoms with Gasteiger partial charge in [-0.05, 0) is 59.4 Å². The molecule has 185 valence electrons. The maximum Gasteiger partial charge on any atom is 0.0926 e. The van der Waals surface area contributed by atoms with Crippen LogP contribution in [0.15, 0.2) is 103 Å². The first-order valence-corrected chi connectivity index (χ1v) is 11.7. The fraction of sp³-hybridized carbons (Fsp3) is 0.188. The Labute approximate surface area is 231 Å². The summed E-state index contributed by atoms with van der Waals surface area (Å²) < 4.78 is 18.8. The van der Waals surface area contributed by atoms with E-state index >= 15 is 0 Å². The van der Waals surface area contributed by atoms with Gasteiger partial charge in [-0.1, -0.05) is 45.0 Å². The molecule has 36 heavy (non-hydrogen) atoms. The van der Waals surface area contributed by atoms with E-state index in [4.69, 9.17) is 2.74 Å². The average Bonchev–Trinajstić information content (AvgIpc) is 3.40. The summed E-state index contributed by atoms with van der Waals surface area (Å²) in [6, 6.07) is 35.5. The second-order valence-corrected chi connectivity index (χ2v) is 9.29. The summed E-state index contributed by atoms with van der Waals surface area (Å²) in [5.74, 6) is 0. The maximum atomic E-state index is 8.49. The van der Waals surface area contributed by atoms with Gasteiger partial charge in [0.15, 0.2) is 0 Å². The van der Waals surface area contributed by atoms with Crippen molar-refractivity contribution in [3.63, 3.8) is 0 Å². The van der Waals surface area contributed by atoms with Crippen LogP contribution in [0.5, 0.6) is 0 Å². The van der Waals surface area contributed by atoms with E-state index in [1.54, 1.807) is 10.9 Å². The van der Waals surface area contributed by atoms with Gasteiger partial charge in [0, 0.05) is 40.8 Å². The van der Waals surface area contributed by atoms with Crippen LogP contribution in [0.3, 0.4) is 0 Å². The Hall–Kier alpha value is -3.33. The third-order valence-corrected chi connectivity index (χ3v) is 5.21. The van der Waals surface area contributed by atoms with E-state index in [2.05, 4.69) is 22.2 Å². The van der Waals surface area contributed by atoms with E-state index in [0.717, 1.165) is 39.3 Å². The van der Waals surface area contributed by atoms with Gasteiger partial charge in [0.05, 0.1) is 5.69 Å². The third kappa shape index (κ3) is 7.58. The first-order chi connectivity index (χ1) is 17.7. The van der Waals surface area contributed by atoms with Gasteiger partial charge in [-0.2, -0.15) is 29.4 Å². The molecule has 0 fully saturated rings. The topological polar surface area (TPSA) is 30.7 Å². The Morgan fingerprint density at radius 3 is 2.22 bits per heavy atom. The number of para-hydroxylation sites is 1. The summed E-state index contributed by atoms with van der Waals surface area (Å²) in [6.45, 7) is 7.75. The molecule has 0 spiro atoms. The molecule has 0 aliphatic heterocycles. The van der Waals surface area contributed by atoms with Crippen molar-refractivity contribution in [2.45, 2.75) is 34.1 Å². The molecule has 0 saturated heterocycles. The molecule has 0 atom stereocenters. The Bertz CT molecular complexity index is 1390. The third-order valence-electron chi connectivity index (χ3n) is 5.21. The quantitative estimate of drug-likeness (QED) is 0.186. The first kappa shape index (κ1) is 24.4. The molecular weight excluding hydrogens is 619 g/mol. The SMILES string of the molecule is [2H]C([2H])(c1ccc(-c2ccn(-c3[c-]cccc3)n2)cc1C)C(C)(C)C.[Ir].[c-]1ccccc1-c1ccccn1. The van der Waals surface area contributed by atoms with Crippen molar-refractivity contribution in [2.75, 3.05) is 0 Å². The van der Waals surface area contributed by atoms with E-state index < -0.39 is 11.8 Å². The minimum absolute atomic E-state index is 0. The molecule has 0 saturated carbocycles. The molecule has 2 heterocycles. The molecule has 1 radical (unpaired) electrons. The van der Waals surface area contributed by atoms with Crippen molar-refractivity contribution >= 4 is 0 Å². The molecule has 0 N–H and O–H groups in total. The fourth-order valence-corrected chi connectivity index (χ4v) is 3.58. The number of pyridine rings is 1. The van der Waals surface area contributed by atoms with E-state index in [0.29, 0.717) is 0 Å². The van der Waals surface area contributed by atoms with Crippen LogP contribution in [-0.4, -0.2) is 14.8 Å². The molecule has 0 bridgehead atoms. The van der Waals surface area contributed by atoms with Crippen LogP contribution in [-0.2, 0) is 26.5 Å². The minimum atomic E-state index is -1.39. The number of aryl methyl sites for hydroxylation is 1. The second-order valence-electron chi connectivity index (χ2n) is 9.29. The van der Waals surface area contributed by atoms with Crippen molar-refractivity contribution in [1.29, 1.82) is 0 Å². The number of hydrogen-bond acceptors (Lipinski definition) is 2. The van der Waals surface area contributed by atoms with E-state index in [9.17, 15) is 0 Å². The minimum Gasteiger partial charge on any atom is -0.305 e. The zero-order chi connectivity index (χ0) is 26.5. The predicted molar refractivity (Wildman–Crippen MR) is 144 cm³/mol. The fourth-order valence-electron chi connectivity index (χ4n) is 3.58. The molecule has 0 aliphatic carbocycles. The van der Waals surface area contributed by atoms with Crippen LogP contribution in [0, 0.1) is 24.5 Å². The standard InChI is InChI=1S/C21H23N2.C11H8N.Ir/c1-16-14-17(10-11-18(16)15-21(2,3)4)20-12-13-23(22-20)19-8-6-5-7-9-19;1-2-6-10(7-3-1)11-8-4-5-9-12-11;/h5-8,10-14H,15H2,1-4H3;1-6,8-9H;/q2*-1;/i15D2;;. The van der Waals surface area contributed by atoms with Crippen LogP contribution < -0.4 is 0 Å². The van der Waals surface area contributed by atoms with Crippen molar-refractivity contribution in [2.24, 2.45) is 5.41 Å². The number of nitrogens with zero attached hydrogens (tertiary/aromatic N) is 3. The summed E-state index contributed by atoms with van der Waals surface area (Å²) >= 11 is 0. The van der Waals surface area contributed by atoms with Crippen molar-refractivity contribution < 1.29 is 22.8 Å². The van der Waals surface area contributed by atoms with E-state index in [1.807, 2.05) is 125 Å². The molecule has 2 aromatic heterocycles. The molecule has 5 aromatic rings. The van der Waals surface area contributed by atoms with Crippen LogP contribution in [0.25, 0.3) is 28.2 Å². The van der Waals surface area contributed by atoms with E-state index in [-0.39, 0.29) is 20.1 Å². The van der Waals surface area contributed by atoms with Gasteiger partial charge in [0.2, 0.25) is 0 Å². The van der Waals surface area contributed by atoms with Gasteiger partial charge in [0.1, 0.15) is 0 Å². The molecular formula is C32H31IrN3-2. The van der Waals surface area contributed by atoms with Crippen LogP contribution in [0.2, 0.25) is 0 Å². The van der Waals surface area contributed by atoms with Crippen LogP contribution >= 0.6 is 0 Å². The number of hydrogen-bond donors (Lipinski definition) is 0. The Morgan fingerprint density at radius 1 is 0.861 bits per heavy atom. The monoisotopic (exact) mass is 652 g/mol. The van der Waals surface area contributed by atoms with Crippen LogP contribution in [0.1, 0.15) is 34.6 Å². The summed E-state index contributed by atoms with van der Waals surface area (Å²) in [4.78, 5) is 4.22. The molecule has 0 amide bonds. The molecule has 0 aliphatic rings. The van der Waals surface area contributed by atoms with E-state index in [1.165, 1.54) is 0 Å². The van der Waals surface area contributed by atoms with Crippen molar-refractivity contribution in [1.82, 2.24) is 14.8 Å². The van der Waals surface area contributed by atoms with Crippen LogP contribution in [0.4, 0.5) is 0 Å². The molecule has 3 aromatic carbocycles. The average molecular weight is 652 g/mol. The van der Waals surface area contributed by atoms with Gasteiger partial charge in [-0.15, -0.1) is 42.0 Å². The normalized spacial score (nSPS) is 11.9. The largest absolute Gasteiger partial charge is 0.305 e. The molecule has 0 unspecified atom stereocenters. The van der Waals surface area contributed by atoms with Gasteiger partial charge in [-0.3, -0.25) is 4.68 Å². The summed E-state index contributed by atoms with van der Waals surface area (Å²) in [6.07, 6.45) is 2.31. The summed E-state index contributed by atoms with van der Waals surface area (Å²) in [7, 11) is 0. The summed E-state index contributed by atoms with van der Waals surface area (Å²) in [5, 5.41) is 4.62. The number of aromatic nitrogens is 3. The maximum absolute atomic E-state index is 8.49. The Balaban J connectivity index is 0.000000258. The molecule has 3 nitrogen and oxygen atoms in total. The Morgan fingerprint density at radius 2 is 1.61 bits per heavy atom. The zero-order valence-electron chi connectivity index (χ0n) is 23.0. The van der Waals surface area contributed by atoms with Gasteiger partial charge in [0.25, 0.3) is 0 Å². The predicted octanol–water partition coefficient (Wildman–Crippen LogP) is 7.78. The van der Waals surface area contributed by atoms with Crippen molar-refractivity contribution in [3.8, 4) is 28.2 Å².